The number of likely N-dealkylation sites (tertiary alicyclic amines) is 1. The van der Waals surface area contributed by atoms with E-state index in [2.05, 4.69) is 74.6 Å². The van der Waals surface area contributed by atoms with E-state index in [-0.39, 0.29) is 46.1 Å². The number of Topliss-reactive ketones (excluding diaryl/α,β-unsaturated/α-hetero) is 1. The van der Waals surface area contributed by atoms with Crippen LogP contribution in [0.1, 0.15) is 94.9 Å². The van der Waals surface area contributed by atoms with Crippen LogP contribution in [0.4, 0.5) is 0 Å². The molecule has 3 atom stereocenters. The maximum Gasteiger partial charge on any atom is 0.227 e. The quantitative estimate of drug-likeness (QED) is 0.694. The van der Waals surface area contributed by atoms with Crippen LogP contribution in [0.2, 0.25) is 0 Å². The van der Waals surface area contributed by atoms with Crippen LogP contribution in [0.3, 0.4) is 0 Å². The van der Waals surface area contributed by atoms with Crippen LogP contribution in [-0.2, 0) is 9.59 Å². The van der Waals surface area contributed by atoms with Crippen LogP contribution in [0.25, 0.3) is 0 Å². The van der Waals surface area contributed by atoms with Gasteiger partial charge in [0.25, 0.3) is 0 Å². The monoisotopic (exact) mass is 406 g/mol. The van der Waals surface area contributed by atoms with Crippen LogP contribution in [0.15, 0.2) is 0 Å². The number of rotatable bonds is 5. The number of nitrogens with one attached hydrogen (secondary N) is 1. The maximum atomic E-state index is 13.8. The summed E-state index contributed by atoms with van der Waals surface area (Å²) in [5, 5.41) is 3.70. The van der Waals surface area contributed by atoms with Gasteiger partial charge in [0.1, 0.15) is 0 Å². The van der Waals surface area contributed by atoms with Gasteiger partial charge in [0.15, 0.2) is 5.78 Å². The van der Waals surface area contributed by atoms with Crippen molar-refractivity contribution in [2.45, 2.75) is 112 Å². The second kappa shape index (κ2) is 8.32. The fraction of sp³-hybridized carbons (Fsp3) is 0.920. The summed E-state index contributed by atoms with van der Waals surface area (Å²) in [5.74, 6) is 1.14. The highest BCUT2D eigenvalue weighted by Gasteiger charge is 2.51. The summed E-state index contributed by atoms with van der Waals surface area (Å²) in [6, 6.07) is 0.121. The molecule has 3 unspecified atom stereocenters. The molecule has 2 fully saturated rings. The van der Waals surface area contributed by atoms with Crippen molar-refractivity contribution in [3.8, 4) is 0 Å². The fourth-order valence-corrected chi connectivity index (χ4v) is 6.18. The lowest BCUT2D eigenvalue weighted by molar-refractivity contribution is -0.160. The first kappa shape index (κ1) is 24.4. The summed E-state index contributed by atoms with van der Waals surface area (Å²) in [6.07, 6.45) is 3.69. The zero-order valence-electron chi connectivity index (χ0n) is 20.7. The molecule has 4 nitrogen and oxygen atoms in total. The van der Waals surface area contributed by atoms with Crippen molar-refractivity contribution in [3.63, 3.8) is 0 Å². The zero-order chi connectivity index (χ0) is 22.4. The third kappa shape index (κ3) is 5.62. The van der Waals surface area contributed by atoms with Gasteiger partial charge in [-0.2, -0.15) is 0 Å². The van der Waals surface area contributed by atoms with Crippen molar-refractivity contribution in [1.29, 1.82) is 0 Å². The second-order valence-corrected chi connectivity index (χ2v) is 12.5. The van der Waals surface area contributed by atoms with Gasteiger partial charge in [0.05, 0.1) is 12.5 Å². The lowest BCUT2D eigenvalue weighted by atomic mass is 9.65. The average molecular weight is 407 g/mol. The highest BCUT2D eigenvalue weighted by molar-refractivity contribution is 5.96. The van der Waals surface area contributed by atoms with E-state index in [1.165, 1.54) is 0 Å². The Morgan fingerprint density at radius 1 is 1.07 bits per heavy atom. The number of ketones is 1. The van der Waals surface area contributed by atoms with Crippen molar-refractivity contribution < 1.29 is 9.59 Å². The molecule has 0 spiro atoms. The molecule has 1 N–H and O–H groups in total. The largest absolute Gasteiger partial charge is 0.332 e. The molecule has 0 aromatic heterocycles. The predicted octanol–water partition coefficient (Wildman–Crippen LogP) is 5.06. The third-order valence-electron chi connectivity index (χ3n) is 7.26. The van der Waals surface area contributed by atoms with Crippen LogP contribution in [0, 0.1) is 29.1 Å². The van der Waals surface area contributed by atoms with Gasteiger partial charge in [0.2, 0.25) is 5.91 Å². The molecule has 4 heteroatoms. The fourth-order valence-electron chi connectivity index (χ4n) is 6.18. The van der Waals surface area contributed by atoms with Crippen molar-refractivity contribution in [3.05, 3.63) is 0 Å². The van der Waals surface area contributed by atoms with Crippen LogP contribution in [0.5, 0.6) is 0 Å². The molecule has 0 bridgehead atoms. The van der Waals surface area contributed by atoms with Gasteiger partial charge in [-0.15, -0.1) is 0 Å². The lowest BCUT2D eigenvalue weighted by Crippen LogP contribution is -2.66. The predicted molar refractivity (Wildman–Crippen MR) is 121 cm³/mol. The van der Waals surface area contributed by atoms with Gasteiger partial charge in [-0.1, -0.05) is 48.0 Å². The minimum atomic E-state index is -0.224. The number of hydrogen-bond acceptors (Lipinski definition) is 3. The Hall–Kier alpha value is -0.900. The number of carbonyl (C=O) groups excluding carboxylic acids is 2. The minimum Gasteiger partial charge on any atom is -0.332 e. The summed E-state index contributed by atoms with van der Waals surface area (Å²) < 4.78 is 0. The Bertz CT molecular complexity index is 599. The number of piperidine rings is 2. The molecule has 168 valence electrons. The van der Waals surface area contributed by atoms with Crippen molar-refractivity contribution >= 4 is 11.7 Å². The van der Waals surface area contributed by atoms with Crippen LogP contribution >= 0.6 is 0 Å². The first-order chi connectivity index (χ1) is 13.1. The summed E-state index contributed by atoms with van der Waals surface area (Å²) in [6.45, 7) is 22.2. The number of amides is 1. The Balaban J connectivity index is 2.35. The Morgan fingerprint density at radius 2 is 1.59 bits per heavy atom. The van der Waals surface area contributed by atoms with Gasteiger partial charge < -0.3 is 10.2 Å². The number of carbonyl (C=O) groups is 2. The lowest BCUT2D eigenvalue weighted by Gasteiger charge is -2.52. The van der Waals surface area contributed by atoms with Crippen LogP contribution in [-0.4, -0.2) is 40.3 Å². The summed E-state index contributed by atoms with van der Waals surface area (Å²) in [5.41, 5.74) is -0.313. The van der Waals surface area contributed by atoms with Gasteiger partial charge >= 0.3 is 0 Å². The van der Waals surface area contributed by atoms with Crippen molar-refractivity contribution in [2.24, 2.45) is 29.1 Å². The highest BCUT2D eigenvalue weighted by atomic mass is 16.2. The van der Waals surface area contributed by atoms with Gasteiger partial charge in [-0.05, 0) is 64.2 Å². The minimum absolute atomic E-state index is 0.0469. The topological polar surface area (TPSA) is 49.4 Å². The van der Waals surface area contributed by atoms with Gasteiger partial charge in [-0.3, -0.25) is 9.59 Å². The number of nitrogens with zero attached hydrogens (tertiary/aromatic N) is 1. The van der Waals surface area contributed by atoms with E-state index in [1.54, 1.807) is 0 Å². The van der Waals surface area contributed by atoms with Gasteiger partial charge in [0, 0.05) is 23.0 Å². The molecular formula is C25H46N2O2. The molecule has 2 aliphatic heterocycles. The van der Waals surface area contributed by atoms with Crippen molar-refractivity contribution in [1.82, 2.24) is 10.2 Å². The Kier molecular flexibility index (Phi) is 6.99. The molecule has 0 radical (unpaired) electrons. The van der Waals surface area contributed by atoms with E-state index in [0.717, 1.165) is 25.7 Å². The van der Waals surface area contributed by atoms with Gasteiger partial charge in [-0.25, -0.2) is 0 Å². The maximum absolute atomic E-state index is 13.8. The average Bonchev–Trinajstić information content (AvgIpc) is 2.50. The molecule has 29 heavy (non-hydrogen) atoms. The molecule has 0 saturated carbocycles. The van der Waals surface area contributed by atoms with E-state index < -0.39 is 0 Å². The smallest absolute Gasteiger partial charge is 0.227 e. The molecule has 2 aliphatic rings. The first-order valence-corrected chi connectivity index (χ1v) is 11.7. The first-order valence-electron chi connectivity index (χ1n) is 11.7. The van der Waals surface area contributed by atoms with E-state index in [0.29, 0.717) is 18.4 Å². The number of hydrogen-bond donors (Lipinski definition) is 1. The van der Waals surface area contributed by atoms with E-state index in [9.17, 15) is 9.59 Å². The normalized spacial score (nSPS) is 29.4. The summed E-state index contributed by atoms with van der Waals surface area (Å²) >= 11 is 0. The Labute approximate surface area is 179 Å². The molecule has 0 aromatic rings. The standard InChI is InChI=1S/C25H46N2O2/c1-11-17(16(2)3)12-19-20(28)15-27(22(29)21(19)23(4,5)6)18-13-24(7,8)26-25(9,10)14-18/h16-19,21,26H,11-15H2,1-10H3. The highest BCUT2D eigenvalue weighted by Crippen LogP contribution is 2.43. The van der Waals surface area contributed by atoms with Crippen LogP contribution < -0.4 is 5.32 Å². The molecule has 2 heterocycles. The molecule has 2 saturated heterocycles. The molecule has 1 amide bonds. The van der Waals surface area contributed by atoms with E-state index in [1.807, 2.05) is 4.90 Å². The SMILES string of the molecule is CCC(CC1C(=O)CN(C2CC(C)(C)NC(C)(C)C2)C(=O)C1C(C)(C)C)C(C)C. The third-order valence-corrected chi connectivity index (χ3v) is 7.26. The van der Waals surface area contributed by atoms with Crippen molar-refractivity contribution in [2.75, 3.05) is 6.54 Å². The zero-order valence-corrected chi connectivity index (χ0v) is 20.7. The summed E-state index contributed by atoms with van der Waals surface area (Å²) in [4.78, 5) is 29.2. The van der Waals surface area contributed by atoms with E-state index in [4.69, 9.17) is 0 Å². The summed E-state index contributed by atoms with van der Waals surface area (Å²) in [7, 11) is 0. The van der Waals surface area contributed by atoms with E-state index >= 15 is 0 Å². The molecular weight excluding hydrogens is 360 g/mol. The molecule has 0 aromatic carbocycles. The Morgan fingerprint density at radius 3 is 2.00 bits per heavy atom. The second-order valence-electron chi connectivity index (χ2n) is 12.5. The molecule has 2 rings (SSSR count). The molecule has 0 aliphatic carbocycles.